The average Bonchev–Trinajstić information content (AvgIpc) is 2.58. The first-order chi connectivity index (χ1) is 11.2. The predicted molar refractivity (Wildman–Crippen MR) is 92.1 cm³/mol. The molecule has 2 rings (SSSR count). The van der Waals surface area contributed by atoms with E-state index in [9.17, 15) is 9.90 Å². The van der Waals surface area contributed by atoms with Crippen LogP contribution in [0.3, 0.4) is 0 Å². The summed E-state index contributed by atoms with van der Waals surface area (Å²) in [7, 11) is 1.64. The molecule has 0 fully saturated rings. The largest absolute Gasteiger partial charge is 0.496 e. The molecular formula is C20H24O3. The minimum atomic E-state index is -0.759. The molecule has 23 heavy (non-hydrogen) atoms. The van der Waals surface area contributed by atoms with Gasteiger partial charge in [-0.3, -0.25) is 4.79 Å². The molecule has 2 aromatic rings. The normalized spacial score (nSPS) is 11.9. The summed E-state index contributed by atoms with van der Waals surface area (Å²) < 4.78 is 5.32. The first kappa shape index (κ1) is 17.1. The van der Waals surface area contributed by atoms with Gasteiger partial charge in [-0.1, -0.05) is 49.4 Å². The molecule has 0 amide bonds. The fourth-order valence-electron chi connectivity index (χ4n) is 2.88. The van der Waals surface area contributed by atoms with Gasteiger partial charge in [-0.05, 0) is 48.4 Å². The molecule has 0 heterocycles. The maximum absolute atomic E-state index is 11.7. The standard InChI is InChI=1S/C20H24O3/c1-3-16-14-17(12-13-19(16)23-2)18(20(21)22)11-7-10-15-8-5-4-6-9-15/h4-6,8-9,12-14,18H,3,7,10-11H2,1-2H3,(H,21,22). The van der Waals surface area contributed by atoms with Crippen molar-refractivity contribution < 1.29 is 14.6 Å². The van der Waals surface area contributed by atoms with Gasteiger partial charge < -0.3 is 9.84 Å². The Morgan fingerprint density at radius 2 is 1.91 bits per heavy atom. The fraction of sp³-hybridized carbons (Fsp3) is 0.350. The van der Waals surface area contributed by atoms with Gasteiger partial charge in [0.15, 0.2) is 0 Å². The molecule has 1 N–H and O–H groups in total. The molecule has 122 valence electrons. The van der Waals surface area contributed by atoms with Crippen molar-refractivity contribution in [3.63, 3.8) is 0 Å². The molecule has 2 aromatic carbocycles. The number of carboxylic acid groups (broad SMARTS) is 1. The second-order valence-electron chi connectivity index (χ2n) is 5.69. The minimum absolute atomic E-state index is 0.463. The lowest BCUT2D eigenvalue weighted by Crippen LogP contribution is -2.12. The van der Waals surface area contributed by atoms with Gasteiger partial charge in [0, 0.05) is 0 Å². The molecule has 3 heteroatoms. The topological polar surface area (TPSA) is 46.5 Å². The van der Waals surface area contributed by atoms with Crippen LogP contribution in [-0.4, -0.2) is 18.2 Å². The summed E-state index contributed by atoms with van der Waals surface area (Å²) >= 11 is 0. The Hall–Kier alpha value is -2.29. The maximum Gasteiger partial charge on any atom is 0.310 e. The Morgan fingerprint density at radius 3 is 2.52 bits per heavy atom. The molecule has 0 saturated carbocycles. The van der Waals surface area contributed by atoms with Crippen LogP contribution < -0.4 is 4.74 Å². The predicted octanol–water partition coefficient (Wildman–Crippen LogP) is 4.45. The Morgan fingerprint density at radius 1 is 1.17 bits per heavy atom. The monoisotopic (exact) mass is 312 g/mol. The molecule has 1 atom stereocenters. The second kappa shape index (κ2) is 8.37. The van der Waals surface area contributed by atoms with Gasteiger partial charge in [0.1, 0.15) is 5.75 Å². The van der Waals surface area contributed by atoms with E-state index < -0.39 is 11.9 Å². The Labute approximate surface area is 137 Å². The molecule has 0 aromatic heterocycles. The smallest absolute Gasteiger partial charge is 0.310 e. The highest BCUT2D eigenvalue weighted by atomic mass is 16.5. The lowest BCUT2D eigenvalue weighted by Gasteiger charge is -2.15. The Bertz CT molecular complexity index is 635. The third-order valence-electron chi connectivity index (χ3n) is 4.19. The summed E-state index contributed by atoms with van der Waals surface area (Å²) in [6.45, 7) is 2.05. The summed E-state index contributed by atoms with van der Waals surface area (Å²) in [5.74, 6) is -0.398. The molecule has 0 spiro atoms. The lowest BCUT2D eigenvalue weighted by atomic mass is 9.91. The molecule has 1 unspecified atom stereocenters. The van der Waals surface area contributed by atoms with Gasteiger partial charge in [0.2, 0.25) is 0 Å². The van der Waals surface area contributed by atoms with Gasteiger partial charge in [0.05, 0.1) is 13.0 Å². The number of methoxy groups -OCH3 is 1. The van der Waals surface area contributed by atoms with Gasteiger partial charge in [-0.2, -0.15) is 0 Å². The zero-order valence-corrected chi connectivity index (χ0v) is 13.8. The first-order valence-corrected chi connectivity index (χ1v) is 8.09. The van der Waals surface area contributed by atoms with Crippen LogP contribution >= 0.6 is 0 Å². The van der Waals surface area contributed by atoms with E-state index in [1.165, 1.54) is 5.56 Å². The quantitative estimate of drug-likeness (QED) is 0.783. The SMILES string of the molecule is CCc1cc(C(CCCc2ccccc2)C(=O)O)ccc1OC. The van der Waals surface area contributed by atoms with Crippen molar-refractivity contribution in [1.29, 1.82) is 0 Å². The molecule has 0 radical (unpaired) electrons. The van der Waals surface area contributed by atoms with E-state index in [2.05, 4.69) is 12.1 Å². The van der Waals surface area contributed by atoms with Crippen LogP contribution in [0.15, 0.2) is 48.5 Å². The van der Waals surface area contributed by atoms with Crippen molar-refractivity contribution in [2.24, 2.45) is 0 Å². The second-order valence-corrected chi connectivity index (χ2v) is 5.69. The van der Waals surface area contributed by atoms with Crippen LogP contribution in [0.25, 0.3) is 0 Å². The van der Waals surface area contributed by atoms with Gasteiger partial charge in [-0.15, -0.1) is 0 Å². The van der Waals surface area contributed by atoms with Crippen LogP contribution in [0, 0.1) is 0 Å². The van der Waals surface area contributed by atoms with Crippen LogP contribution in [0.2, 0.25) is 0 Å². The van der Waals surface area contributed by atoms with E-state index in [0.717, 1.165) is 36.1 Å². The zero-order valence-electron chi connectivity index (χ0n) is 13.8. The first-order valence-electron chi connectivity index (χ1n) is 8.09. The number of hydrogen-bond donors (Lipinski definition) is 1. The maximum atomic E-state index is 11.7. The molecule has 0 saturated heterocycles. The Kier molecular flexibility index (Phi) is 6.21. The van der Waals surface area contributed by atoms with Crippen molar-refractivity contribution in [2.45, 2.75) is 38.5 Å². The highest BCUT2D eigenvalue weighted by molar-refractivity contribution is 5.76. The number of carboxylic acids is 1. The van der Waals surface area contributed by atoms with Crippen molar-refractivity contribution in [2.75, 3.05) is 7.11 Å². The number of carbonyl (C=O) groups is 1. The van der Waals surface area contributed by atoms with Gasteiger partial charge >= 0.3 is 5.97 Å². The van der Waals surface area contributed by atoms with Crippen LogP contribution in [0.5, 0.6) is 5.75 Å². The fourth-order valence-corrected chi connectivity index (χ4v) is 2.88. The molecule has 0 aliphatic carbocycles. The van der Waals surface area contributed by atoms with Gasteiger partial charge in [-0.25, -0.2) is 0 Å². The van der Waals surface area contributed by atoms with E-state index in [4.69, 9.17) is 4.74 Å². The summed E-state index contributed by atoms with van der Waals surface area (Å²) in [6, 6.07) is 15.9. The zero-order chi connectivity index (χ0) is 16.7. The average molecular weight is 312 g/mol. The van der Waals surface area contributed by atoms with E-state index in [0.29, 0.717) is 6.42 Å². The van der Waals surface area contributed by atoms with Crippen molar-refractivity contribution in [3.8, 4) is 5.75 Å². The van der Waals surface area contributed by atoms with E-state index >= 15 is 0 Å². The number of aliphatic carboxylic acids is 1. The lowest BCUT2D eigenvalue weighted by molar-refractivity contribution is -0.139. The molecular weight excluding hydrogens is 288 g/mol. The highest BCUT2D eigenvalue weighted by Gasteiger charge is 2.20. The summed E-state index contributed by atoms with van der Waals surface area (Å²) in [5, 5.41) is 9.58. The van der Waals surface area contributed by atoms with Crippen LogP contribution in [-0.2, 0) is 17.6 Å². The molecule has 0 aliphatic rings. The van der Waals surface area contributed by atoms with Gasteiger partial charge in [0.25, 0.3) is 0 Å². The summed E-state index contributed by atoms with van der Waals surface area (Å²) in [4.78, 5) is 11.7. The van der Waals surface area contributed by atoms with Crippen molar-refractivity contribution >= 4 is 5.97 Å². The number of benzene rings is 2. The Balaban J connectivity index is 2.07. The number of hydrogen-bond acceptors (Lipinski definition) is 2. The number of aryl methyl sites for hydroxylation is 2. The van der Waals surface area contributed by atoms with E-state index in [1.807, 2.05) is 43.3 Å². The van der Waals surface area contributed by atoms with Crippen molar-refractivity contribution in [3.05, 3.63) is 65.2 Å². The third kappa shape index (κ3) is 4.59. The summed E-state index contributed by atoms with van der Waals surface area (Å²) in [5.41, 5.74) is 3.17. The van der Waals surface area contributed by atoms with Crippen LogP contribution in [0.1, 0.15) is 42.4 Å². The van der Waals surface area contributed by atoms with Crippen LogP contribution in [0.4, 0.5) is 0 Å². The highest BCUT2D eigenvalue weighted by Crippen LogP contribution is 2.28. The van der Waals surface area contributed by atoms with E-state index in [1.54, 1.807) is 7.11 Å². The van der Waals surface area contributed by atoms with E-state index in [-0.39, 0.29) is 0 Å². The number of ether oxygens (including phenoxy) is 1. The number of rotatable bonds is 8. The molecule has 3 nitrogen and oxygen atoms in total. The summed E-state index contributed by atoms with van der Waals surface area (Å²) in [6.07, 6.45) is 3.23. The molecule has 0 bridgehead atoms. The van der Waals surface area contributed by atoms with Crippen molar-refractivity contribution in [1.82, 2.24) is 0 Å². The minimum Gasteiger partial charge on any atom is -0.496 e. The third-order valence-corrected chi connectivity index (χ3v) is 4.19. The molecule has 0 aliphatic heterocycles.